The lowest BCUT2D eigenvalue weighted by molar-refractivity contribution is -0.131. The molecule has 0 aliphatic heterocycles. The van der Waals surface area contributed by atoms with Gasteiger partial charge in [-0.1, -0.05) is 18.2 Å². The molecular formula is C14H14N2O2S. The Balaban J connectivity index is 2.00. The lowest BCUT2D eigenvalue weighted by atomic mass is 10.1. The first-order chi connectivity index (χ1) is 9.13. The number of aliphatic carboxylic acids is 1. The third-order valence-electron chi connectivity index (χ3n) is 2.43. The summed E-state index contributed by atoms with van der Waals surface area (Å²) < 4.78 is 0. The molecule has 1 heterocycles. The maximum absolute atomic E-state index is 10.5. The summed E-state index contributed by atoms with van der Waals surface area (Å²) in [5, 5.41) is 14.7. The first-order valence-electron chi connectivity index (χ1n) is 5.79. The van der Waals surface area contributed by atoms with Crippen LogP contribution in [0.4, 0.5) is 5.13 Å². The second-order valence-electron chi connectivity index (χ2n) is 4.06. The number of aromatic nitrogens is 1. The minimum Gasteiger partial charge on any atom is -0.478 e. The van der Waals surface area contributed by atoms with Crippen LogP contribution >= 0.6 is 11.3 Å². The maximum Gasteiger partial charge on any atom is 0.328 e. The van der Waals surface area contributed by atoms with Crippen molar-refractivity contribution < 1.29 is 9.90 Å². The van der Waals surface area contributed by atoms with Crippen molar-refractivity contribution in [3.05, 3.63) is 52.5 Å². The summed E-state index contributed by atoms with van der Waals surface area (Å²) in [5.41, 5.74) is 2.96. The van der Waals surface area contributed by atoms with Crippen molar-refractivity contribution in [2.45, 2.75) is 13.5 Å². The van der Waals surface area contributed by atoms with Crippen LogP contribution in [0.1, 0.15) is 16.8 Å². The van der Waals surface area contributed by atoms with Crippen LogP contribution < -0.4 is 5.32 Å². The Morgan fingerprint density at radius 3 is 3.05 bits per heavy atom. The second kappa shape index (κ2) is 6.15. The summed E-state index contributed by atoms with van der Waals surface area (Å²) in [4.78, 5) is 14.8. The number of benzene rings is 1. The van der Waals surface area contributed by atoms with Crippen LogP contribution in [0.3, 0.4) is 0 Å². The van der Waals surface area contributed by atoms with E-state index >= 15 is 0 Å². The van der Waals surface area contributed by atoms with Crippen LogP contribution in [0, 0.1) is 6.92 Å². The quantitative estimate of drug-likeness (QED) is 0.822. The Bertz CT molecular complexity index is 605. The van der Waals surface area contributed by atoms with Gasteiger partial charge in [-0.3, -0.25) is 0 Å². The molecule has 2 aromatic rings. The molecule has 0 unspecified atom stereocenters. The maximum atomic E-state index is 10.5. The average Bonchev–Trinajstić information content (AvgIpc) is 2.80. The highest BCUT2D eigenvalue weighted by molar-refractivity contribution is 7.13. The number of hydrogen-bond acceptors (Lipinski definition) is 4. The van der Waals surface area contributed by atoms with Crippen molar-refractivity contribution in [1.29, 1.82) is 0 Å². The van der Waals surface area contributed by atoms with E-state index in [0.29, 0.717) is 6.54 Å². The first-order valence-corrected chi connectivity index (χ1v) is 6.67. The summed E-state index contributed by atoms with van der Waals surface area (Å²) in [6.45, 7) is 2.63. The van der Waals surface area contributed by atoms with Gasteiger partial charge in [-0.15, -0.1) is 11.3 Å². The van der Waals surface area contributed by atoms with Gasteiger partial charge in [0.15, 0.2) is 5.13 Å². The average molecular weight is 274 g/mol. The number of nitrogens with zero attached hydrogens (tertiary/aromatic N) is 1. The van der Waals surface area contributed by atoms with Gasteiger partial charge < -0.3 is 10.4 Å². The van der Waals surface area contributed by atoms with Crippen molar-refractivity contribution in [1.82, 2.24) is 4.98 Å². The summed E-state index contributed by atoms with van der Waals surface area (Å²) in [5.74, 6) is -0.943. The first kappa shape index (κ1) is 13.3. The van der Waals surface area contributed by atoms with E-state index in [1.165, 1.54) is 0 Å². The Hall–Kier alpha value is -2.14. The molecule has 0 atom stereocenters. The van der Waals surface area contributed by atoms with Gasteiger partial charge in [-0.2, -0.15) is 0 Å². The lowest BCUT2D eigenvalue weighted by Gasteiger charge is -2.04. The van der Waals surface area contributed by atoms with Gasteiger partial charge in [0.1, 0.15) is 0 Å². The predicted molar refractivity (Wildman–Crippen MR) is 77.3 cm³/mol. The Morgan fingerprint density at radius 1 is 1.53 bits per heavy atom. The predicted octanol–water partition coefficient (Wildman–Crippen LogP) is 3.16. The van der Waals surface area contributed by atoms with E-state index in [-0.39, 0.29) is 0 Å². The van der Waals surface area contributed by atoms with Crippen LogP contribution in [-0.4, -0.2) is 16.1 Å². The molecule has 19 heavy (non-hydrogen) atoms. The highest BCUT2D eigenvalue weighted by atomic mass is 32.1. The van der Waals surface area contributed by atoms with Crippen molar-refractivity contribution >= 4 is 28.5 Å². The van der Waals surface area contributed by atoms with Gasteiger partial charge in [0.25, 0.3) is 0 Å². The van der Waals surface area contributed by atoms with Crippen LogP contribution in [0.25, 0.3) is 6.08 Å². The number of carboxylic acids is 1. The fourth-order valence-corrected chi connectivity index (χ4v) is 2.27. The standard InChI is InChI=1S/C14H14N2O2S/c1-10-9-19-14(16-10)15-8-12-4-2-3-11(7-12)5-6-13(17)18/h2-7,9H,8H2,1H3,(H,15,16)(H,17,18)/b6-5+. The van der Waals surface area contributed by atoms with Crippen LogP contribution in [-0.2, 0) is 11.3 Å². The Labute approximate surface area is 115 Å². The molecule has 0 aliphatic rings. The Morgan fingerprint density at radius 2 is 2.37 bits per heavy atom. The normalized spacial score (nSPS) is 10.8. The number of aryl methyl sites for hydroxylation is 1. The molecule has 4 nitrogen and oxygen atoms in total. The zero-order valence-electron chi connectivity index (χ0n) is 10.5. The highest BCUT2D eigenvalue weighted by Crippen LogP contribution is 2.16. The Kier molecular flexibility index (Phi) is 4.30. The number of carbonyl (C=O) groups is 1. The van der Waals surface area contributed by atoms with Crippen LogP contribution in [0.15, 0.2) is 35.7 Å². The number of thiazole rings is 1. The van der Waals surface area contributed by atoms with Gasteiger partial charge in [0.2, 0.25) is 0 Å². The van der Waals surface area contributed by atoms with E-state index in [1.54, 1.807) is 17.4 Å². The minimum atomic E-state index is -0.943. The summed E-state index contributed by atoms with van der Waals surface area (Å²) in [7, 11) is 0. The molecule has 0 spiro atoms. The summed E-state index contributed by atoms with van der Waals surface area (Å²) in [6, 6.07) is 7.72. The number of rotatable bonds is 5. The third-order valence-corrected chi connectivity index (χ3v) is 3.35. The van der Waals surface area contributed by atoms with Crippen LogP contribution in [0.5, 0.6) is 0 Å². The molecule has 1 aromatic carbocycles. The van der Waals surface area contributed by atoms with Gasteiger partial charge in [-0.05, 0) is 30.2 Å². The molecule has 0 saturated heterocycles. The zero-order valence-corrected chi connectivity index (χ0v) is 11.3. The lowest BCUT2D eigenvalue weighted by Crippen LogP contribution is -1.99. The largest absolute Gasteiger partial charge is 0.478 e. The molecule has 1 aromatic heterocycles. The summed E-state index contributed by atoms with van der Waals surface area (Å²) >= 11 is 1.57. The van der Waals surface area contributed by atoms with Gasteiger partial charge in [-0.25, -0.2) is 9.78 Å². The smallest absolute Gasteiger partial charge is 0.328 e. The molecule has 0 fully saturated rings. The van der Waals surface area contributed by atoms with E-state index in [0.717, 1.165) is 28.0 Å². The molecule has 0 saturated carbocycles. The van der Waals surface area contributed by atoms with Crippen molar-refractivity contribution in [2.75, 3.05) is 5.32 Å². The van der Waals surface area contributed by atoms with Crippen molar-refractivity contribution in [3.8, 4) is 0 Å². The molecule has 0 aliphatic carbocycles. The van der Waals surface area contributed by atoms with Gasteiger partial charge in [0, 0.05) is 18.0 Å². The monoisotopic (exact) mass is 274 g/mol. The number of anilines is 1. The molecule has 2 N–H and O–H groups in total. The zero-order chi connectivity index (χ0) is 13.7. The molecule has 98 valence electrons. The highest BCUT2D eigenvalue weighted by Gasteiger charge is 1.99. The molecular weight excluding hydrogens is 260 g/mol. The molecule has 0 amide bonds. The number of carboxylic acid groups (broad SMARTS) is 1. The third kappa shape index (κ3) is 4.22. The molecule has 0 bridgehead atoms. The van der Waals surface area contributed by atoms with E-state index in [2.05, 4.69) is 10.3 Å². The van der Waals surface area contributed by atoms with E-state index < -0.39 is 5.97 Å². The SMILES string of the molecule is Cc1csc(NCc2cccc(/C=C/C(=O)O)c2)n1. The summed E-state index contributed by atoms with van der Waals surface area (Å²) in [6.07, 6.45) is 2.72. The molecule has 5 heteroatoms. The van der Waals surface area contributed by atoms with E-state index in [9.17, 15) is 4.79 Å². The topological polar surface area (TPSA) is 62.2 Å². The van der Waals surface area contributed by atoms with Gasteiger partial charge >= 0.3 is 5.97 Å². The molecule has 0 radical (unpaired) electrons. The van der Waals surface area contributed by atoms with E-state index in [4.69, 9.17) is 5.11 Å². The number of nitrogens with one attached hydrogen (secondary N) is 1. The van der Waals surface area contributed by atoms with Crippen molar-refractivity contribution in [3.63, 3.8) is 0 Å². The fraction of sp³-hybridized carbons (Fsp3) is 0.143. The second-order valence-corrected chi connectivity index (χ2v) is 4.92. The fourth-order valence-electron chi connectivity index (χ4n) is 1.59. The van der Waals surface area contributed by atoms with E-state index in [1.807, 2.05) is 36.6 Å². The van der Waals surface area contributed by atoms with Gasteiger partial charge in [0.05, 0.1) is 5.69 Å². The van der Waals surface area contributed by atoms with Crippen LogP contribution in [0.2, 0.25) is 0 Å². The minimum absolute atomic E-state index is 0.668. The molecule has 2 rings (SSSR count). The van der Waals surface area contributed by atoms with Crippen molar-refractivity contribution in [2.24, 2.45) is 0 Å². The number of hydrogen-bond donors (Lipinski definition) is 2.